The van der Waals surface area contributed by atoms with Gasteiger partial charge in [0.1, 0.15) is 5.78 Å². The summed E-state index contributed by atoms with van der Waals surface area (Å²) in [6.07, 6.45) is 0.358. The van der Waals surface area contributed by atoms with Gasteiger partial charge in [0.15, 0.2) is 11.5 Å². The van der Waals surface area contributed by atoms with Crippen molar-refractivity contribution < 1.29 is 23.8 Å². The molecule has 0 unspecified atom stereocenters. The van der Waals surface area contributed by atoms with E-state index < -0.39 is 11.5 Å². The van der Waals surface area contributed by atoms with Crippen molar-refractivity contribution in [3.8, 4) is 11.5 Å². The standard InChI is InChI=1S/C24H29NO5/c1-17(26)24(2)16-25(23(27)29-4)15-20(24)19-10-11-21(28-3)22(14-19)30-13-12-18-8-6-5-7-9-18/h5-11,14,20H,12-13,15-16H2,1-4H3/t20-,24-/m0/s1. The summed E-state index contributed by atoms with van der Waals surface area (Å²) in [6.45, 7) is 4.73. The Morgan fingerprint density at radius 3 is 2.47 bits per heavy atom. The van der Waals surface area contributed by atoms with E-state index in [0.29, 0.717) is 31.2 Å². The third-order valence-electron chi connectivity index (χ3n) is 6.01. The summed E-state index contributed by atoms with van der Waals surface area (Å²) < 4.78 is 16.4. The number of amides is 1. The molecule has 1 fully saturated rings. The number of rotatable bonds is 7. The smallest absolute Gasteiger partial charge is 0.409 e. The molecule has 1 aliphatic heterocycles. The average molecular weight is 411 g/mol. The number of hydrogen-bond donors (Lipinski definition) is 0. The number of nitrogens with zero attached hydrogens (tertiary/aromatic N) is 1. The zero-order chi connectivity index (χ0) is 21.7. The van der Waals surface area contributed by atoms with Gasteiger partial charge in [-0.15, -0.1) is 0 Å². The van der Waals surface area contributed by atoms with E-state index in [4.69, 9.17) is 14.2 Å². The molecule has 30 heavy (non-hydrogen) atoms. The molecule has 0 aromatic heterocycles. The first-order valence-electron chi connectivity index (χ1n) is 10.1. The predicted molar refractivity (Wildman–Crippen MR) is 114 cm³/mol. The molecule has 2 atom stereocenters. The van der Waals surface area contributed by atoms with E-state index in [1.807, 2.05) is 43.3 Å². The van der Waals surface area contributed by atoms with Crippen LogP contribution < -0.4 is 9.47 Å². The molecule has 0 saturated carbocycles. The lowest BCUT2D eigenvalue weighted by Gasteiger charge is -2.28. The first kappa shape index (κ1) is 21.7. The van der Waals surface area contributed by atoms with Crippen molar-refractivity contribution in [1.29, 1.82) is 0 Å². The van der Waals surface area contributed by atoms with E-state index in [1.165, 1.54) is 12.7 Å². The molecule has 160 valence electrons. The Bertz CT molecular complexity index is 898. The lowest BCUT2D eigenvalue weighted by molar-refractivity contribution is -0.125. The van der Waals surface area contributed by atoms with Crippen LogP contribution in [0.1, 0.15) is 30.9 Å². The zero-order valence-electron chi connectivity index (χ0n) is 18.0. The number of Topliss-reactive ketones (excluding diaryl/α,β-unsaturated/α-hetero) is 1. The fraction of sp³-hybridized carbons (Fsp3) is 0.417. The van der Waals surface area contributed by atoms with Gasteiger partial charge >= 0.3 is 6.09 Å². The molecular weight excluding hydrogens is 382 g/mol. The monoisotopic (exact) mass is 411 g/mol. The van der Waals surface area contributed by atoms with Gasteiger partial charge in [-0.2, -0.15) is 0 Å². The molecule has 2 aromatic rings. The fourth-order valence-electron chi connectivity index (χ4n) is 4.04. The molecule has 1 heterocycles. The first-order valence-corrected chi connectivity index (χ1v) is 10.1. The topological polar surface area (TPSA) is 65.1 Å². The minimum atomic E-state index is -0.690. The highest BCUT2D eigenvalue weighted by molar-refractivity contribution is 5.85. The van der Waals surface area contributed by atoms with Gasteiger partial charge in [-0.3, -0.25) is 4.79 Å². The Morgan fingerprint density at radius 2 is 1.83 bits per heavy atom. The maximum Gasteiger partial charge on any atom is 0.409 e. The van der Waals surface area contributed by atoms with Gasteiger partial charge in [0.2, 0.25) is 0 Å². The van der Waals surface area contributed by atoms with Gasteiger partial charge in [0, 0.05) is 25.4 Å². The molecule has 1 saturated heterocycles. The van der Waals surface area contributed by atoms with Gasteiger partial charge in [-0.25, -0.2) is 4.79 Å². The summed E-state index contributed by atoms with van der Waals surface area (Å²) in [4.78, 5) is 26.2. The van der Waals surface area contributed by atoms with Gasteiger partial charge in [-0.1, -0.05) is 43.3 Å². The second kappa shape index (κ2) is 9.20. The molecule has 0 bridgehead atoms. The predicted octanol–water partition coefficient (Wildman–Crippen LogP) is 4.08. The maximum absolute atomic E-state index is 12.5. The van der Waals surface area contributed by atoms with Crippen molar-refractivity contribution in [3.05, 3.63) is 59.7 Å². The Labute approximate surface area is 177 Å². The number of hydrogen-bond acceptors (Lipinski definition) is 5. The van der Waals surface area contributed by atoms with E-state index in [-0.39, 0.29) is 11.7 Å². The summed E-state index contributed by atoms with van der Waals surface area (Å²) in [5, 5.41) is 0. The van der Waals surface area contributed by atoms with E-state index in [2.05, 4.69) is 12.1 Å². The molecule has 0 N–H and O–H groups in total. The van der Waals surface area contributed by atoms with Crippen LogP contribution >= 0.6 is 0 Å². The second-order valence-corrected chi connectivity index (χ2v) is 7.87. The Morgan fingerprint density at radius 1 is 1.10 bits per heavy atom. The normalized spacial score (nSPS) is 20.7. The Balaban J connectivity index is 1.83. The van der Waals surface area contributed by atoms with Crippen molar-refractivity contribution in [2.24, 2.45) is 5.41 Å². The van der Waals surface area contributed by atoms with Crippen LogP contribution in [0.25, 0.3) is 0 Å². The van der Waals surface area contributed by atoms with Gasteiger partial charge in [-0.05, 0) is 30.2 Å². The number of carbonyl (C=O) groups is 2. The van der Waals surface area contributed by atoms with Crippen molar-refractivity contribution >= 4 is 11.9 Å². The van der Waals surface area contributed by atoms with Crippen molar-refractivity contribution in [1.82, 2.24) is 4.90 Å². The van der Waals surface area contributed by atoms with Gasteiger partial charge in [0.05, 0.1) is 26.2 Å². The molecule has 1 aliphatic rings. The lowest BCUT2D eigenvalue weighted by Crippen LogP contribution is -2.35. The SMILES string of the molecule is COC(=O)N1C[C@@H](c2ccc(OC)c(OCCc3ccccc3)c2)[C@](C)(C(C)=O)C1. The molecule has 0 spiro atoms. The van der Waals surface area contributed by atoms with Crippen LogP contribution in [0.2, 0.25) is 0 Å². The average Bonchev–Trinajstić information content (AvgIpc) is 3.13. The Kier molecular flexibility index (Phi) is 6.65. The van der Waals surface area contributed by atoms with Crippen LogP contribution in [0.5, 0.6) is 11.5 Å². The van der Waals surface area contributed by atoms with Crippen LogP contribution in [0.4, 0.5) is 4.79 Å². The van der Waals surface area contributed by atoms with E-state index in [0.717, 1.165) is 12.0 Å². The van der Waals surface area contributed by atoms with E-state index >= 15 is 0 Å². The summed E-state index contributed by atoms with van der Waals surface area (Å²) >= 11 is 0. The van der Waals surface area contributed by atoms with Crippen LogP contribution in [0.15, 0.2) is 48.5 Å². The van der Waals surface area contributed by atoms with Gasteiger partial charge in [0.25, 0.3) is 0 Å². The minimum absolute atomic E-state index is 0.0428. The number of ether oxygens (including phenoxy) is 3. The zero-order valence-corrected chi connectivity index (χ0v) is 18.0. The highest BCUT2D eigenvalue weighted by Crippen LogP contribution is 2.45. The maximum atomic E-state index is 12.5. The molecule has 0 aliphatic carbocycles. The van der Waals surface area contributed by atoms with Crippen LogP contribution in [-0.4, -0.2) is 50.7 Å². The quantitative estimate of drug-likeness (QED) is 0.687. The van der Waals surface area contributed by atoms with E-state index in [9.17, 15) is 9.59 Å². The highest BCUT2D eigenvalue weighted by atomic mass is 16.5. The molecule has 3 rings (SSSR count). The third-order valence-corrected chi connectivity index (χ3v) is 6.01. The Hall–Kier alpha value is -3.02. The largest absolute Gasteiger partial charge is 0.493 e. The van der Waals surface area contributed by atoms with Crippen LogP contribution in [-0.2, 0) is 16.0 Å². The third kappa shape index (κ3) is 4.42. The summed E-state index contributed by atoms with van der Waals surface area (Å²) in [5.41, 5.74) is 1.44. The van der Waals surface area contributed by atoms with Crippen LogP contribution in [0, 0.1) is 5.41 Å². The fourth-order valence-corrected chi connectivity index (χ4v) is 4.04. The highest BCUT2D eigenvalue weighted by Gasteiger charge is 2.49. The molecule has 6 heteroatoms. The number of benzene rings is 2. The molecular formula is C24H29NO5. The molecule has 0 radical (unpaired) electrons. The first-order chi connectivity index (χ1) is 14.4. The minimum Gasteiger partial charge on any atom is -0.493 e. The number of likely N-dealkylation sites (tertiary alicyclic amines) is 1. The van der Waals surface area contributed by atoms with Crippen molar-refractivity contribution in [2.45, 2.75) is 26.2 Å². The number of carbonyl (C=O) groups excluding carboxylic acids is 2. The van der Waals surface area contributed by atoms with Gasteiger partial charge < -0.3 is 19.1 Å². The van der Waals surface area contributed by atoms with E-state index in [1.54, 1.807) is 18.9 Å². The van der Waals surface area contributed by atoms with Crippen LogP contribution in [0.3, 0.4) is 0 Å². The molecule has 1 amide bonds. The number of methoxy groups -OCH3 is 2. The lowest BCUT2D eigenvalue weighted by atomic mass is 9.73. The molecule has 6 nitrogen and oxygen atoms in total. The summed E-state index contributed by atoms with van der Waals surface area (Å²) in [7, 11) is 2.96. The van der Waals surface area contributed by atoms with Crippen molar-refractivity contribution in [3.63, 3.8) is 0 Å². The molecule has 2 aromatic carbocycles. The second-order valence-electron chi connectivity index (χ2n) is 7.87. The van der Waals surface area contributed by atoms with Crippen molar-refractivity contribution in [2.75, 3.05) is 33.9 Å². The summed E-state index contributed by atoms with van der Waals surface area (Å²) in [6, 6.07) is 15.9. The number of ketones is 1. The summed E-state index contributed by atoms with van der Waals surface area (Å²) in [5.74, 6) is 1.16.